The number of nitrogens with zero attached hydrogens (tertiary/aromatic N) is 4. The predicted octanol–water partition coefficient (Wildman–Crippen LogP) is 3.86. The Bertz CT molecular complexity index is 1190. The van der Waals surface area contributed by atoms with Crippen LogP contribution < -0.4 is 11.1 Å². The molecule has 3 heterocycles. The molecule has 7 nitrogen and oxygen atoms in total. The second-order valence-corrected chi connectivity index (χ2v) is 7.07. The van der Waals surface area contributed by atoms with Gasteiger partial charge in [0, 0.05) is 35.7 Å². The minimum Gasteiger partial charge on any atom is -0.368 e. The highest BCUT2D eigenvalue weighted by Gasteiger charge is 2.19. The Kier molecular flexibility index (Phi) is 5.34. The summed E-state index contributed by atoms with van der Waals surface area (Å²) in [5.41, 5.74) is 10.3. The van der Waals surface area contributed by atoms with Crippen molar-refractivity contribution in [1.82, 2.24) is 25.3 Å². The molecule has 1 amide bonds. The number of hydrogen-bond acceptors (Lipinski definition) is 6. The zero-order chi connectivity index (χ0) is 21.1. The monoisotopic (exact) mass is 398 g/mol. The maximum Gasteiger partial charge on any atom is 0.252 e. The molecule has 0 aliphatic rings. The van der Waals surface area contributed by atoms with Gasteiger partial charge in [-0.3, -0.25) is 9.78 Å². The van der Waals surface area contributed by atoms with Gasteiger partial charge in [-0.1, -0.05) is 25.1 Å². The van der Waals surface area contributed by atoms with Crippen molar-refractivity contribution >= 4 is 22.8 Å². The number of rotatable bonds is 5. The Hall–Kier alpha value is -3.87. The third-order valence-corrected chi connectivity index (χ3v) is 5.08. The normalized spacial score (nSPS) is 11.9. The average Bonchev–Trinajstić information content (AvgIpc) is 2.78. The van der Waals surface area contributed by atoms with Crippen LogP contribution in [0.2, 0.25) is 0 Å². The number of aromatic nitrogens is 4. The molecule has 0 bridgehead atoms. The third-order valence-electron chi connectivity index (χ3n) is 5.08. The topological polar surface area (TPSA) is 107 Å². The van der Waals surface area contributed by atoms with Crippen LogP contribution in [0.15, 0.2) is 61.2 Å². The Labute approximate surface area is 174 Å². The van der Waals surface area contributed by atoms with Crippen LogP contribution in [-0.4, -0.2) is 25.8 Å². The number of amides is 1. The smallest absolute Gasteiger partial charge is 0.252 e. The molecular formula is C23H22N6O. The SMILES string of the molecule is CC[C@@H](NC(=O)c1cc(-c2cnc(N)nc2)nc2c(C)cccc12)c1ccncc1. The lowest BCUT2D eigenvalue weighted by Crippen LogP contribution is -2.28. The van der Waals surface area contributed by atoms with Crippen molar-refractivity contribution in [3.63, 3.8) is 0 Å². The van der Waals surface area contributed by atoms with Crippen LogP contribution in [0.5, 0.6) is 0 Å². The molecule has 7 heteroatoms. The molecule has 150 valence electrons. The van der Waals surface area contributed by atoms with E-state index in [1.165, 1.54) is 0 Å². The standard InChI is InChI=1S/C23H22N6O/c1-3-19(15-7-9-25-10-8-15)29-22(30)18-11-20(16-12-26-23(24)27-13-16)28-21-14(2)5-4-6-17(18)21/h4-13,19H,3H2,1-2H3,(H,29,30)(H2,24,26,27)/t19-/m1/s1. The predicted molar refractivity (Wildman–Crippen MR) is 117 cm³/mol. The quantitative estimate of drug-likeness (QED) is 0.529. The van der Waals surface area contributed by atoms with Crippen LogP contribution in [0.25, 0.3) is 22.2 Å². The summed E-state index contributed by atoms with van der Waals surface area (Å²) in [4.78, 5) is 30.3. The Morgan fingerprint density at radius 2 is 1.87 bits per heavy atom. The largest absolute Gasteiger partial charge is 0.368 e. The zero-order valence-corrected chi connectivity index (χ0v) is 16.8. The minimum absolute atomic E-state index is 0.114. The molecule has 1 atom stereocenters. The molecule has 4 rings (SSSR count). The van der Waals surface area contributed by atoms with Gasteiger partial charge in [-0.2, -0.15) is 0 Å². The van der Waals surface area contributed by atoms with Crippen molar-refractivity contribution in [3.8, 4) is 11.3 Å². The summed E-state index contributed by atoms with van der Waals surface area (Å²) in [6.07, 6.45) is 7.45. The number of para-hydroxylation sites is 1. The Morgan fingerprint density at radius 3 is 2.57 bits per heavy atom. The number of nitrogen functional groups attached to an aromatic ring is 1. The molecule has 0 saturated carbocycles. The Morgan fingerprint density at radius 1 is 1.13 bits per heavy atom. The third kappa shape index (κ3) is 3.82. The van der Waals surface area contributed by atoms with Crippen molar-refractivity contribution in [3.05, 3.63) is 77.9 Å². The second kappa shape index (κ2) is 8.24. The van der Waals surface area contributed by atoms with E-state index in [0.717, 1.165) is 28.5 Å². The van der Waals surface area contributed by atoms with Crippen molar-refractivity contribution < 1.29 is 4.79 Å². The van der Waals surface area contributed by atoms with E-state index < -0.39 is 0 Å². The first kappa shape index (κ1) is 19.4. The lowest BCUT2D eigenvalue weighted by Gasteiger charge is -2.18. The molecule has 0 aliphatic heterocycles. The first-order chi connectivity index (χ1) is 14.6. The van der Waals surface area contributed by atoms with E-state index in [1.54, 1.807) is 30.9 Å². The van der Waals surface area contributed by atoms with Crippen molar-refractivity contribution in [2.24, 2.45) is 0 Å². The first-order valence-corrected chi connectivity index (χ1v) is 9.76. The molecule has 0 unspecified atom stereocenters. The van der Waals surface area contributed by atoms with E-state index in [2.05, 4.69) is 20.3 Å². The van der Waals surface area contributed by atoms with Crippen LogP contribution in [0.3, 0.4) is 0 Å². The fourth-order valence-electron chi connectivity index (χ4n) is 3.45. The summed E-state index contributed by atoms with van der Waals surface area (Å²) in [6, 6.07) is 11.3. The van der Waals surface area contributed by atoms with Crippen LogP contribution in [0.1, 0.15) is 40.9 Å². The number of fused-ring (bicyclic) bond motifs is 1. The van der Waals surface area contributed by atoms with E-state index in [4.69, 9.17) is 10.7 Å². The number of benzene rings is 1. The summed E-state index contributed by atoms with van der Waals surface area (Å²) >= 11 is 0. The molecule has 0 fully saturated rings. The molecule has 0 spiro atoms. The van der Waals surface area contributed by atoms with Crippen LogP contribution in [-0.2, 0) is 0 Å². The van der Waals surface area contributed by atoms with Crippen LogP contribution >= 0.6 is 0 Å². The van der Waals surface area contributed by atoms with Gasteiger partial charge in [0.25, 0.3) is 5.91 Å². The number of anilines is 1. The number of aryl methyl sites for hydroxylation is 1. The van der Waals surface area contributed by atoms with Crippen molar-refractivity contribution in [2.45, 2.75) is 26.3 Å². The summed E-state index contributed by atoms with van der Waals surface area (Å²) < 4.78 is 0. The molecule has 0 aliphatic carbocycles. The number of nitrogens with two attached hydrogens (primary N) is 1. The molecule has 30 heavy (non-hydrogen) atoms. The summed E-state index contributed by atoms with van der Waals surface area (Å²) in [6.45, 7) is 4.02. The Balaban J connectivity index is 1.79. The molecular weight excluding hydrogens is 376 g/mol. The van der Waals surface area contributed by atoms with E-state index in [1.807, 2.05) is 44.2 Å². The van der Waals surface area contributed by atoms with Gasteiger partial charge in [-0.25, -0.2) is 15.0 Å². The maximum atomic E-state index is 13.3. The number of pyridine rings is 2. The first-order valence-electron chi connectivity index (χ1n) is 9.76. The highest BCUT2D eigenvalue weighted by atomic mass is 16.1. The molecule has 4 aromatic rings. The van der Waals surface area contributed by atoms with Gasteiger partial charge in [0.05, 0.1) is 22.8 Å². The molecule has 0 radical (unpaired) electrons. The molecule has 1 aromatic carbocycles. The van der Waals surface area contributed by atoms with Crippen molar-refractivity contribution in [2.75, 3.05) is 5.73 Å². The fraction of sp³-hybridized carbons (Fsp3) is 0.174. The highest BCUT2D eigenvalue weighted by molar-refractivity contribution is 6.07. The number of carbonyl (C=O) groups is 1. The summed E-state index contributed by atoms with van der Waals surface area (Å²) in [7, 11) is 0. The summed E-state index contributed by atoms with van der Waals surface area (Å²) in [5, 5.41) is 3.96. The van der Waals surface area contributed by atoms with Gasteiger partial charge < -0.3 is 11.1 Å². The number of hydrogen-bond donors (Lipinski definition) is 2. The lowest BCUT2D eigenvalue weighted by molar-refractivity contribution is 0.0937. The van der Waals surface area contributed by atoms with Gasteiger partial charge in [0.2, 0.25) is 5.95 Å². The lowest BCUT2D eigenvalue weighted by atomic mass is 10.0. The molecule has 3 N–H and O–H groups in total. The van der Waals surface area contributed by atoms with Gasteiger partial charge in [0.15, 0.2) is 0 Å². The van der Waals surface area contributed by atoms with Crippen molar-refractivity contribution in [1.29, 1.82) is 0 Å². The average molecular weight is 398 g/mol. The van der Waals surface area contributed by atoms with E-state index in [-0.39, 0.29) is 17.9 Å². The van der Waals surface area contributed by atoms with Gasteiger partial charge >= 0.3 is 0 Å². The fourth-order valence-corrected chi connectivity index (χ4v) is 3.45. The van der Waals surface area contributed by atoms with Gasteiger partial charge in [0.1, 0.15) is 0 Å². The van der Waals surface area contributed by atoms with E-state index >= 15 is 0 Å². The van der Waals surface area contributed by atoms with Crippen LogP contribution in [0, 0.1) is 6.92 Å². The van der Waals surface area contributed by atoms with E-state index in [9.17, 15) is 4.79 Å². The van der Waals surface area contributed by atoms with E-state index in [0.29, 0.717) is 16.8 Å². The minimum atomic E-state index is -0.158. The zero-order valence-electron chi connectivity index (χ0n) is 16.8. The maximum absolute atomic E-state index is 13.3. The molecule has 0 saturated heterocycles. The summed E-state index contributed by atoms with van der Waals surface area (Å²) in [5.74, 6) is 0.0334. The number of carbonyl (C=O) groups excluding carboxylic acids is 1. The highest BCUT2D eigenvalue weighted by Crippen LogP contribution is 2.27. The van der Waals surface area contributed by atoms with Gasteiger partial charge in [-0.05, 0) is 42.7 Å². The van der Waals surface area contributed by atoms with Gasteiger partial charge in [-0.15, -0.1) is 0 Å². The second-order valence-electron chi connectivity index (χ2n) is 7.07. The molecule has 3 aromatic heterocycles. The van der Waals surface area contributed by atoms with Crippen LogP contribution in [0.4, 0.5) is 5.95 Å². The number of nitrogens with one attached hydrogen (secondary N) is 1.